The minimum Gasteiger partial charge on any atom is -0.469 e. The van der Waals surface area contributed by atoms with Crippen molar-refractivity contribution in [3.8, 4) is 0 Å². The van der Waals surface area contributed by atoms with Gasteiger partial charge in [-0.05, 0) is 108 Å². The van der Waals surface area contributed by atoms with Crippen molar-refractivity contribution in [3.63, 3.8) is 0 Å². The Morgan fingerprint density at radius 2 is 1.03 bits per heavy atom. The van der Waals surface area contributed by atoms with E-state index in [1.165, 1.54) is 48.8 Å². The molecule has 5 aromatic rings. The average molecular weight is 1050 g/mol. The molecule has 372 valence electrons. The van der Waals surface area contributed by atoms with Gasteiger partial charge in [-0.3, -0.25) is 41.4 Å². The lowest BCUT2D eigenvalue weighted by Gasteiger charge is -2.35. The second-order valence-electron chi connectivity index (χ2n) is 13.4. The normalized spacial score (nSPS) is 12.5. The topological polar surface area (TPSA) is 242 Å². The van der Waals surface area contributed by atoms with Crippen LogP contribution in [-0.2, 0) is 42.5 Å². The molecule has 0 unspecified atom stereocenters. The third-order valence-corrected chi connectivity index (χ3v) is 9.72. The fourth-order valence-corrected chi connectivity index (χ4v) is 6.74. The van der Waals surface area contributed by atoms with Crippen LogP contribution in [0.4, 0.5) is 35.1 Å². The van der Waals surface area contributed by atoms with E-state index in [2.05, 4.69) is 42.3 Å². The number of benzene rings is 3. The lowest BCUT2D eigenvalue weighted by Crippen LogP contribution is -2.53. The summed E-state index contributed by atoms with van der Waals surface area (Å²) >= 11 is 21.9. The molecule has 2 aromatic heterocycles. The molecule has 15 nitrogen and oxygen atoms in total. The molecular formula is C42H41Cl2F8N9O6S2. The number of rotatable bonds is 11. The number of esters is 2. The van der Waals surface area contributed by atoms with Gasteiger partial charge < -0.3 is 30.9 Å². The lowest BCUT2D eigenvalue weighted by atomic mass is 9.82. The number of hydrogen-bond acceptors (Lipinski definition) is 13. The number of methoxy groups -OCH3 is 2. The number of aliphatic hydroxyl groups excluding tert-OH is 1. The summed E-state index contributed by atoms with van der Waals surface area (Å²) < 4.78 is 118. The summed E-state index contributed by atoms with van der Waals surface area (Å²) in [7, 11) is 3.17. The van der Waals surface area contributed by atoms with Crippen LogP contribution in [0.5, 0.6) is 0 Å². The maximum absolute atomic E-state index is 14.5. The van der Waals surface area contributed by atoms with Crippen LogP contribution in [0.15, 0.2) is 103 Å². The predicted octanol–water partition coefficient (Wildman–Crippen LogP) is 6.47. The zero-order valence-electron chi connectivity index (χ0n) is 35.9. The number of pyridine rings is 2. The summed E-state index contributed by atoms with van der Waals surface area (Å²) in [5.74, 6) is 4.04. The van der Waals surface area contributed by atoms with E-state index in [0.717, 1.165) is 33.5 Å². The van der Waals surface area contributed by atoms with Crippen molar-refractivity contribution in [2.45, 2.75) is 36.3 Å². The molecule has 27 heteroatoms. The molecule has 0 aliphatic heterocycles. The minimum absolute atomic E-state index is 0.0349. The average Bonchev–Trinajstić information content (AvgIpc) is 3.29. The molecule has 0 aliphatic carbocycles. The number of hydrazine groups is 2. The minimum atomic E-state index is -4.90. The fourth-order valence-electron chi connectivity index (χ4n) is 6.08. The molecule has 69 heavy (non-hydrogen) atoms. The first-order valence-electron chi connectivity index (χ1n) is 18.8. The van der Waals surface area contributed by atoms with Crippen molar-refractivity contribution in [2.24, 2.45) is 17.4 Å². The molecule has 0 saturated heterocycles. The summed E-state index contributed by atoms with van der Waals surface area (Å²) in [6.07, 6.45) is -8.56. The first kappa shape index (κ1) is 58.9. The van der Waals surface area contributed by atoms with Gasteiger partial charge in [0.25, 0.3) is 5.91 Å². The summed E-state index contributed by atoms with van der Waals surface area (Å²) in [5.41, 5.74) is 0.574. The number of carbonyl (C=O) groups excluding carboxylic acids is 3. The van der Waals surface area contributed by atoms with Crippen molar-refractivity contribution < 1.29 is 64.1 Å². The molecule has 2 atom stereocenters. The number of aromatic nitrogens is 2. The monoisotopic (exact) mass is 1050 g/mol. The number of alkyl halides is 6. The maximum Gasteiger partial charge on any atom is 0.416 e. The molecule has 3 aromatic carbocycles. The van der Waals surface area contributed by atoms with Gasteiger partial charge in [-0.15, -0.1) is 0 Å². The Kier molecular flexibility index (Phi) is 22.7. The molecule has 5 rings (SSSR count). The summed E-state index contributed by atoms with van der Waals surface area (Å²) in [5, 5.41) is 14.4. The van der Waals surface area contributed by atoms with Gasteiger partial charge in [-0.2, -0.15) is 31.9 Å². The molecule has 0 aliphatic rings. The second kappa shape index (κ2) is 26.5. The molecule has 0 radical (unpaired) electrons. The van der Waals surface area contributed by atoms with Crippen LogP contribution in [-0.4, -0.2) is 64.5 Å². The lowest BCUT2D eigenvalue weighted by molar-refractivity contribution is -0.143. The Balaban J connectivity index is 0.000000444. The first-order valence-corrected chi connectivity index (χ1v) is 20.4. The zero-order valence-corrected chi connectivity index (χ0v) is 39.1. The largest absolute Gasteiger partial charge is 0.469 e. The van der Waals surface area contributed by atoms with E-state index in [4.69, 9.17) is 63.2 Å². The van der Waals surface area contributed by atoms with Crippen LogP contribution >= 0.6 is 47.6 Å². The second-order valence-corrected chi connectivity index (χ2v) is 15.1. The molecular weight excluding hydrogens is 1010 g/mol. The number of nitrogens with zero attached hydrogens (tertiary/aromatic N) is 2. The Labute approximate surface area is 409 Å². The maximum atomic E-state index is 14.5. The Bertz CT molecular complexity index is 2540. The molecule has 0 fully saturated rings. The number of aliphatic hydroxyl groups is 1. The van der Waals surface area contributed by atoms with E-state index in [1.54, 1.807) is 23.7 Å². The molecule has 11 N–H and O–H groups in total. The van der Waals surface area contributed by atoms with E-state index >= 15 is 0 Å². The Morgan fingerprint density at radius 1 is 0.652 bits per heavy atom. The number of nitrogens with one attached hydrogen (secondary N) is 4. The van der Waals surface area contributed by atoms with Crippen molar-refractivity contribution >= 4 is 75.7 Å². The van der Waals surface area contributed by atoms with Crippen LogP contribution < -0.4 is 38.9 Å². The summed E-state index contributed by atoms with van der Waals surface area (Å²) in [6.45, 7) is 0. The van der Waals surface area contributed by atoms with Gasteiger partial charge in [0.1, 0.15) is 22.7 Å². The predicted molar refractivity (Wildman–Crippen MR) is 245 cm³/mol. The van der Waals surface area contributed by atoms with Gasteiger partial charge >= 0.3 is 24.3 Å². The number of halogens is 10. The van der Waals surface area contributed by atoms with Crippen LogP contribution in [0.3, 0.4) is 0 Å². The van der Waals surface area contributed by atoms with E-state index in [1.807, 2.05) is 0 Å². The van der Waals surface area contributed by atoms with E-state index < -0.39 is 76.9 Å². The van der Waals surface area contributed by atoms with Crippen molar-refractivity contribution in [1.82, 2.24) is 31.5 Å². The molecule has 2 heterocycles. The first-order chi connectivity index (χ1) is 32.3. The van der Waals surface area contributed by atoms with Crippen molar-refractivity contribution in [3.05, 3.63) is 164 Å². The Hall–Kier alpha value is -6.19. The van der Waals surface area contributed by atoms with Gasteiger partial charge in [0.05, 0.1) is 59.6 Å². The van der Waals surface area contributed by atoms with E-state index in [0.29, 0.717) is 24.3 Å². The van der Waals surface area contributed by atoms with Crippen LogP contribution in [0.1, 0.15) is 56.8 Å². The highest BCUT2D eigenvalue weighted by molar-refractivity contribution is 7.80. The van der Waals surface area contributed by atoms with Gasteiger partial charge in [0, 0.05) is 25.1 Å². The van der Waals surface area contributed by atoms with Crippen molar-refractivity contribution in [1.29, 1.82) is 0 Å². The fraction of sp³-hybridized carbons (Fsp3) is 0.214. The summed E-state index contributed by atoms with van der Waals surface area (Å²) in [4.78, 5) is 45.4. The summed E-state index contributed by atoms with van der Waals surface area (Å²) in [6, 6.07) is 17.1. The number of hydrogen-bond donors (Lipinski definition) is 8. The number of ether oxygens (including phenoxy) is 2. The zero-order chi connectivity index (χ0) is 52.3. The third-order valence-electron chi connectivity index (χ3n) is 8.97. The van der Waals surface area contributed by atoms with Crippen molar-refractivity contribution in [2.75, 3.05) is 21.3 Å². The standard InChI is InChI=1S/C24H18ClF4N3O3S.C17H14ClF4N3O2S.CH4O.H5N3/c1-35-20(33)12-23(19-8-7-17(25)13-30-19,15-9-16(24(27,28)29)11-18(26)10-15)32-22(36)31-21(34)14-5-3-2-4-6-14;1-27-14(26)7-16(25-15(23)28,13-3-2-11(18)8-24-13)9-4-10(17(20,21)22)6-12(19)5-9;1-2;1-3-2/h2-11,13H,12H2,1H3,(H2,31,32,34,36);2-6,8H,7H2,1H3,(H3,23,25,28);2H,1H3;3H,1-2H2/t23-;16-;;/m00../s1. The highest BCUT2D eigenvalue weighted by Crippen LogP contribution is 2.40. The van der Waals surface area contributed by atoms with E-state index in [-0.39, 0.29) is 48.3 Å². The number of nitrogens with two attached hydrogens (primary N) is 3. The van der Waals surface area contributed by atoms with Crippen LogP contribution in [0.25, 0.3) is 0 Å². The highest BCUT2D eigenvalue weighted by Gasteiger charge is 2.44. The smallest absolute Gasteiger partial charge is 0.416 e. The van der Waals surface area contributed by atoms with Gasteiger partial charge in [-0.1, -0.05) is 41.4 Å². The third kappa shape index (κ3) is 17.1. The molecule has 0 saturated carbocycles. The number of carbonyl (C=O) groups is 3. The number of thiocarbonyl (C=S) groups is 2. The van der Waals surface area contributed by atoms with Crippen LogP contribution in [0, 0.1) is 11.6 Å². The highest BCUT2D eigenvalue weighted by atomic mass is 35.5. The molecule has 0 spiro atoms. The molecule has 0 bridgehead atoms. The Morgan fingerprint density at radius 3 is 1.36 bits per heavy atom. The molecule has 1 amide bonds. The van der Waals surface area contributed by atoms with Gasteiger partial charge in [-0.25, -0.2) is 8.78 Å². The SMILES string of the molecule is CO.COC(=O)C[C@](NC(=S)NC(=O)c1ccccc1)(c1cc(F)cc(C(F)(F)F)c1)c1ccc(Cl)cn1.COC(=O)C[C@](NC(N)=S)(c1cc(F)cc(C(F)(F)F)c1)c1ccc(Cl)cn1.NNN. The quantitative estimate of drug-likeness (QED) is 0.0233. The van der Waals surface area contributed by atoms with E-state index in [9.17, 15) is 49.5 Å². The van der Waals surface area contributed by atoms with Gasteiger partial charge in [0.2, 0.25) is 0 Å². The van der Waals surface area contributed by atoms with Gasteiger partial charge in [0.15, 0.2) is 10.2 Å². The number of amides is 1. The van der Waals surface area contributed by atoms with Crippen LogP contribution in [0.2, 0.25) is 10.0 Å².